The van der Waals surface area contributed by atoms with Crippen LogP contribution >= 0.6 is 0 Å². The van der Waals surface area contributed by atoms with Crippen molar-refractivity contribution in [1.82, 2.24) is 4.90 Å². The lowest BCUT2D eigenvalue weighted by molar-refractivity contribution is -0.134. The van der Waals surface area contributed by atoms with Crippen LogP contribution in [0.25, 0.3) is 0 Å². The zero-order chi connectivity index (χ0) is 17.0. The fourth-order valence-corrected chi connectivity index (χ4v) is 4.72. The van der Waals surface area contributed by atoms with Crippen LogP contribution in [-0.2, 0) is 27.6 Å². The van der Waals surface area contributed by atoms with Crippen molar-refractivity contribution in [3.63, 3.8) is 0 Å². The van der Waals surface area contributed by atoms with Gasteiger partial charge in [0.25, 0.3) is 0 Å². The molecule has 1 aliphatic heterocycles. The molecule has 0 saturated carbocycles. The molecule has 1 atom stereocenters. The van der Waals surface area contributed by atoms with Gasteiger partial charge in [-0.25, -0.2) is 8.42 Å². The summed E-state index contributed by atoms with van der Waals surface area (Å²) >= 11 is 0. The Bertz CT molecular complexity index is 635. The van der Waals surface area contributed by atoms with E-state index in [0.29, 0.717) is 19.4 Å². The van der Waals surface area contributed by atoms with Crippen molar-refractivity contribution in [2.45, 2.75) is 52.6 Å². The van der Waals surface area contributed by atoms with Crippen LogP contribution in [0.5, 0.6) is 0 Å². The highest BCUT2D eigenvalue weighted by Gasteiger charge is 2.34. The molecule has 5 heteroatoms. The van der Waals surface area contributed by atoms with E-state index in [4.69, 9.17) is 0 Å². The smallest absolute Gasteiger partial charge is 0.223 e. The Morgan fingerprint density at radius 1 is 1.22 bits per heavy atom. The molecule has 2 rings (SSSR count). The minimum absolute atomic E-state index is 0.0571. The number of aryl methyl sites for hydroxylation is 1. The summed E-state index contributed by atoms with van der Waals surface area (Å²) in [5.74, 6) is 0.619. The highest BCUT2D eigenvalue weighted by Crippen LogP contribution is 2.22. The molecule has 0 N–H and O–H groups in total. The number of nitrogens with zero attached hydrogens (tertiary/aromatic N) is 1. The van der Waals surface area contributed by atoms with Gasteiger partial charge in [0.15, 0.2) is 9.84 Å². The molecule has 0 radical (unpaired) electrons. The Labute approximate surface area is 139 Å². The van der Waals surface area contributed by atoms with E-state index in [1.54, 1.807) is 4.90 Å². The van der Waals surface area contributed by atoms with E-state index in [9.17, 15) is 13.2 Å². The SMILES string of the molecule is CCc1ccc(CN(C(=O)CC(C)C)C2CCS(=O)(=O)C2)cc1. The zero-order valence-electron chi connectivity index (χ0n) is 14.3. The van der Waals surface area contributed by atoms with Gasteiger partial charge in [0, 0.05) is 19.0 Å². The van der Waals surface area contributed by atoms with Crippen LogP contribution in [0.3, 0.4) is 0 Å². The second-order valence-corrected chi connectivity index (χ2v) is 9.08. The highest BCUT2D eigenvalue weighted by atomic mass is 32.2. The fourth-order valence-electron chi connectivity index (χ4n) is 2.99. The summed E-state index contributed by atoms with van der Waals surface area (Å²) in [5.41, 5.74) is 2.32. The van der Waals surface area contributed by atoms with Gasteiger partial charge in [-0.1, -0.05) is 45.0 Å². The molecule has 23 heavy (non-hydrogen) atoms. The molecule has 0 bridgehead atoms. The third-order valence-electron chi connectivity index (χ3n) is 4.34. The molecule has 1 unspecified atom stereocenters. The predicted octanol–water partition coefficient (Wildman–Crippen LogP) is 2.81. The summed E-state index contributed by atoms with van der Waals surface area (Å²) in [5, 5.41) is 0. The van der Waals surface area contributed by atoms with Crippen LogP contribution in [0.4, 0.5) is 0 Å². The van der Waals surface area contributed by atoms with E-state index >= 15 is 0 Å². The van der Waals surface area contributed by atoms with E-state index in [0.717, 1.165) is 12.0 Å². The normalized spacial score (nSPS) is 19.9. The van der Waals surface area contributed by atoms with Crippen LogP contribution in [0.15, 0.2) is 24.3 Å². The number of benzene rings is 1. The first kappa shape index (κ1) is 18.0. The van der Waals surface area contributed by atoms with Crippen molar-refractivity contribution in [2.24, 2.45) is 5.92 Å². The monoisotopic (exact) mass is 337 g/mol. The van der Waals surface area contributed by atoms with Crippen molar-refractivity contribution in [2.75, 3.05) is 11.5 Å². The Balaban J connectivity index is 2.17. The number of sulfone groups is 1. The maximum atomic E-state index is 12.6. The number of carbonyl (C=O) groups excluding carboxylic acids is 1. The number of hydrogen-bond acceptors (Lipinski definition) is 3. The summed E-state index contributed by atoms with van der Waals surface area (Å²) < 4.78 is 23.6. The Morgan fingerprint density at radius 3 is 2.30 bits per heavy atom. The summed E-state index contributed by atoms with van der Waals surface area (Å²) in [6, 6.07) is 8.05. The Kier molecular flexibility index (Phi) is 5.84. The van der Waals surface area contributed by atoms with Gasteiger partial charge in [0.1, 0.15) is 0 Å². The quantitative estimate of drug-likeness (QED) is 0.802. The summed E-state index contributed by atoms with van der Waals surface area (Å²) in [6.45, 7) is 6.63. The molecule has 1 aromatic carbocycles. The summed E-state index contributed by atoms with van der Waals surface area (Å²) in [6.07, 6.45) is 2.00. The van der Waals surface area contributed by atoms with Gasteiger partial charge in [0.05, 0.1) is 11.5 Å². The second kappa shape index (κ2) is 7.47. The molecule has 1 fully saturated rings. The lowest BCUT2D eigenvalue weighted by atomic mass is 10.1. The molecule has 0 spiro atoms. The van der Waals surface area contributed by atoms with Crippen molar-refractivity contribution >= 4 is 15.7 Å². The molecule has 0 aliphatic carbocycles. The van der Waals surface area contributed by atoms with E-state index in [1.165, 1.54) is 5.56 Å². The topological polar surface area (TPSA) is 54.5 Å². The third kappa shape index (κ3) is 5.06. The van der Waals surface area contributed by atoms with Crippen molar-refractivity contribution in [1.29, 1.82) is 0 Å². The van der Waals surface area contributed by atoms with E-state index in [-0.39, 0.29) is 29.4 Å². The standard InChI is InChI=1S/C18H27NO3S/c1-4-15-5-7-16(8-6-15)12-19(18(20)11-14(2)3)17-9-10-23(21,22)13-17/h5-8,14,17H,4,9-13H2,1-3H3. The van der Waals surface area contributed by atoms with Gasteiger partial charge in [-0.15, -0.1) is 0 Å². The van der Waals surface area contributed by atoms with Crippen molar-refractivity contribution in [3.05, 3.63) is 35.4 Å². The minimum Gasteiger partial charge on any atom is -0.334 e. The van der Waals surface area contributed by atoms with Crippen LogP contribution in [0.1, 0.15) is 44.7 Å². The number of hydrogen-bond donors (Lipinski definition) is 0. The maximum Gasteiger partial charge on any atom is 0.223 e. The lowest BCUT2D eigenvalue weighted by Gasteiger charge is -2.29. The van der Waals surface area contributed by atoms with E-state index in [2.05, 4.69) is 19.1 Å². The number of carbonyl (C=O) groups is 1. The van der Waals surface area contributed by atoms with Gasteiger partial charge >= 0.3 is 0 Å². The average Bonchev–Trinajstić information content (AvgIpc) is 2.84. The Hall–Kier alpha value is -1.36. The molecule has 4 nitrogen and oxygen atoms in total. The highest BCUT2D eigenvalue weighted by molar-refractivity contribution is 7.91. The largest absolute Gasteiger partial charge is 0.334 e. The first-order valence-electron chi connectivity index (χ1n) is 8.38. The Morgan fingerprint density at radius 2 is 1.83 bits per heavy atom. The van der Waals surface area contributed by atoms with Gasteiger partial charge in [0.2, 0.25) is 5.91 Å². The first-order valence-corrected chi connectivity index (χ1v) is 10.2. The first-order chi connectivity index (χ1) is 10.8. The lowest BCUT2D eigenvalue weighted by Crippen LogP contribution is -2.41. The summed E-state index contributed by atoms with van der Waals surface area (Å²) in [4.78, 5) is 14.4. The molecule has 1 amide bonds. The third-order valence-corrected chi connectivity index (χ3v) is 6.09. The number of rotatable bonds is 6. The van der Waals surface area contributed by atoms with Gasteiger partial charge < -0.3 is 4.90 Å². The molecule has 1 aliphatic rings. The maximum absolute atomic E-state index is 12.6. The van der Waals surface area contributed by atoms with Crippen LogP contribution < -0.4 is 0 Å². The number of amides is 1. The fraction of sp³-hybridized carbons (Fsp3) is 0.611. The molecule has 1 aromatic rings. The van der Waals surface area contributed by atoms with E-state index < -0.39 is 9.84 Å². The molecule has 0 aromatic heterocycles. The molecular formula is C18H27NO3S. The second-order valence-electron chi connectivity index (χ2n) is 6.85. The van der Waals surface area contributed by atoms with Crippen LogP contribution in [-0.4, -0.2) is 36.8 Å². The van der Waals surface area contributed by atoms with Crippen LogP contribution in [0, 0.1) is 5.92 Å². The minimum atomic E-state index is -3.00. The molecule has 1 heterocycles. The van der Waals surface area contributed by atoms with Gasteiger partial charge in [-0.2, -0.15) is 0 Å². The average molecular weight is 337 g/mol. The van der Waals surface area contributed by atoms with Gasteiger partial charge in [-0.05, 0) is 29.9 Å². The van der Waals surface area contributed by atoms with E-state index in [1.807, 2.05) is 26.0 Å². The molecule has 1 saturated heterocycles. The van der Waals surface area contributed by atoms with Gasteiger partial charge in [-0.3, -0.25) is 4.79 Å². The molecular weight excluding hydrogens is 310 g/mol. The van der Waals surface area contributed by atoms with Crippen molar-refractivity contribution in [3.8, 4) is 0 Å². The zero-order valence-corrected chi connectivity index (χ0v) is 15.1. The molecule has 128 valence electrons. The predicted molar refractivity (Wildman–Crippen MR) is 92.9 cm³/mol. The van der Waals surface area contributed by atoms with Crippen LogP contribution in [0.2, 0.25) is 0 Å². The summed E-state index contributed by atoms with van der Waals surface area (Å²) in [7, 11) is -3.00. The van der Waals surface area contributed by atoms with Crippen molar-refractivity contribution < 1.29 is 13.2 Å².